The van der Waals surface area contributed by atoms with Crippen LogP contribution in [0, 0.1) is 0 Å². The first-order valence-corrected chi connectivity index (χ1v) is 13.4. The molecule has 0 N–H and O–H groups in total. The van der Waals surface area contributed by atoms with Crippen molar-refractivity contribution in [2.45, 2.75) is 76.0 Å². The van der Waals surface area contributed by atoms with Gasteiger partial charge in [-0.15, -0.1) is 31.4 Å². The molecule has 2 aromatic heterocycles. The third-order valence-electron chi connectivity index (χ3n) is 6.44. The van der Waals surface area contributed by atoms with Gasteiger partial charge in [0.2, 0.25) is 11.8 Å². The van der Waals surface area contributed by atoms with E-state index in [1.54, 1.807) is 9.58 Å². The van der Waals surface area contributed by atoms with Crippen molar-refractivity contribution in [1.29, 1.82) is 0 Å². The number of halogens is 1. The van der Waals surface area contributed by atoms with Gasteiger partial charge in [0.15, 0.2) is 5.82 Å². The highest BCUT2D eigenvalue weighted by Crippen LogP contribution is 2.39. The van der Waals surface area contributed by atoms with E-state index in [-0.39, 0.29) is 18.7 Å². The highest BCUT2D eigenvalue weighted by Gasteiger charge is 2.29. The Labute approximate surface area is 224 Å². The van der Waals surface area contributed by atoms with Crippen molar-refractivity contribution in [3.63, 3.8) is 0 Å². The minimum absolute atomic E-state index is 0.0574. The second-order valence-electron chi connectivity index (χ2n) is 9.35. The number of benzene rings is 1. The maximum atomic E-state index is 12.9. The fraction of sp³-hybridized carbons (Fsp3) is 0.483. The summed E-state index contributed by atoms with van der Waals surface area (Å²) in [6.07, 6.45) is 10.5. The van der Waals surface area contributed by atoms with Gasteiger partial charge in [0, 0.05) is 36.9 Å². The van der Waals surface area contributed by atoms with Crippen molar-refractivity contribution in [3.8, 4) is 5.69 Å². The maximum Gasteiger partial charge on any atom is 0.227 e. The summed E-state index contributed by atoms with van der Waals surface area (Å²) >= 11 is 0. The van der Waals surface area contributed by atoms with Crippen LogP contribution in [0.2, 0.25) is 0 Å². The second-order valence-corrected chi connectivity index (χ2v) is 9.35. The molecule has 8 nitrogen and oxygen atoms in total. The number of hydrogen-bond acceptors (Lipinski definition) is 6. The van der Waals surface area contributed by atoms with Crippen molar-refractivity contribution in [3.05, 3.63) is 74.2 Å². The summed E-state index contributed by atoms with van der Waals surface area (Å²) in [5, 5.41) is 12.6. The van der Waals surface area contributed by atoms with Crippen molar-refractivity contribution in [2.75, 3.05) is 18.1 Å². The molecule has 0 aliphatic heterocycles. The van der Waals surface area contributed by atoms with Crippen LogP contribution in [0.15, 0.2) is 61.3 Å². The SMILES string of the molecule is C=C.C=C.O=C(CCCF)N(CCCCCc1nc(C2CC2)no1)c1cccc(-n2cc(C3CC3)nn2)c1. The van der Waals surface area contributed by atoms with Crippen LogP contribution in [0.25, 0.3) is 5.69 Å². The number of aromatic nitrogens is 5. The first-order chi connectivity index (χ1) is 18.7. The Morgan fingerprint density at radius 1 is 1.05 bits per heavy atom. The molecule has 0 spiro atoms. The predicted octanol–water partition coefficient (Wildman–Crippen LogP) is 6.51. The molecule has 0 bridgehead atoms. The van der Waals surface area contributed by atoms with E-state index >= 15 is 0 Å². The number of carbonyl (C=O) groups is 1. The Kier molecular flexibility index (Phi) is 11.4. The standard InChI is InChI=1S/C25H31FN6O2.2C2H4/c26-14-5-9-24(33)31(15-3-1-2-8-23-27-25(29-34-23)19-12-13-19)20-6-4-7-21(16-20)32-17-22(28-30-32)18-10-11-18;2*1-2/h4,6-7,16-19H,1-3,5,8-15H2;2*1-2H2. The lowest BCUT2D eigenvalue weighted by Crippen LogP contribution is -2.32. The lowest BCUT2D eigenvalue weighted by Gasteiger charge is -2.23. The number of alkyl halides is 1. The Hall–Kier alpha value is -3.62. The van der Waals surface area contributed by atoms with Gasteiger partial charge in [0.1, 0.15) is 0 Å². The summed E-state index contributed by atoms with van der Waals surface area (Å²) in [5.74, 6) is 2.51. The first kappa shape index (κ1) is 28.9. The molecule has 1 amide bonds. The molecule has 0 atom stereocenters. The van der Waals surface area contributed by atoms with Gasteiger partial charge in [-0.2, -0.15) is 4.98 Å². The topological polar surface area (TPSA) is 89.9 Å². The van der Waals surface area contributed by atoms with Crippen molar-refractivity contribution in [2.24, 2.45) is 0 Å². The van der Waals surface area contributed by atoms with Gasteiger partial charge in [0.05, 0.1) is 24.3 Å². The zero-order chi connectivity index (χ0) is 27.3. The molecular formula is C29H39FN6O2. The number of hydrogen-bond donors (Lipinski definition) is 0. The van der Waals surface area contributed by atoms with E-state index in [9.17, 15) is 9.18 Å². The lowest BCUT2D eigenvalue weighted by molar-refractivity contribution is -0.118. The normalized spacial score (nSPS) is 14.1. The van der Waals surface area contributed by atoms with Crippen LogP contribution in [0.1, 0.15) is 87.0 Å². The van der Waals surface area contributed by atoms with Gasteiger partial charge in [-0.25, -0.2) is 4.68 Å². The van der Waals surface area contributed by atoms with Crippen LogP contribution >= 0.6 is 0 Å². The molecular weight excluding hydrogens is 483 g/mol. The number of unbranched alkanes of at least 4 members (excludes halogenated alkanes) is 2. The van der Waals surface area contributed by atoms with E-state index in [0.717, 1.165) is 61.4 Å². The van der Waals surface area contributed by atoms with Gasteiger partial charge in [0.25, 0.3) is 0 Å². The van der Waals surface area contributed by atoms with Crippen LogP contribution in [0.3, 0.4) is 0 Å². The molecule has 1 aromatic carbocycles. The Morgan fingerprint density at radius 3 is 2.53 bits per heavy atom. The third-order valence-corrected chi connectivity index (χ3v) is 6.44. The largest absolute Gasteiger partial charge is 0.339 e. The Bertz CT molecular complexity index is 1140. The zero-order valence-electron chi connectivity index (χ0n) is 22.2. The molecule has 2 aliphatic carbocycles. The monoisotopic (exact) mass is 522 g/mol. The Morgan fingerprint density at radius 2 is 1.82 bits per heavy atom. The third kappa shape index (κ3) is 8.19. The van der Waals surface area contributed by atoms with Crippen molar-refractivity contribution in [1.82, 2.24) is 25.1 Å². The summed E-state index contributed by atoms with van der Waals surface area (Å²) < 4.78 is 19.8. The number of nitrogens with zero attached hydrogens (tertiary/aromatic N) is 6. The minimum atomic E-state index is -0.491. The fourth-order valence-corrected chi connectivity index (χ4v) is 4.12. The molecule has 204 valence electrons. The van der Waals surface area contributed by atoms with Gasteiger partial charge >= 0.3 is 0 Å². The Balaban J connectivity index is 0.000000956. The van der Waals surface area contributed by atoms with Crippen LogP contribution in [0.5, 0.6) is 0 Å². The van der Waals surface area contributed by atoms with E-state index in [4.69, 9.17) is 4.52 Å². The molecule has 3 aromatic rings. The molecule has 2 saturated carbocycles. The van der Waals surface area contributed by atoms with E-state index in [0.29, 0.717) is 24.3 Å². The van der Waals surface area contributed by atoms with Gasteiger partial charge < -0.3 is 9.42 Å². The second kappa shape index (κ2) is 15.0. The molecule has 2 heterocycles. The smallest absolute Gasteiger partial charge is 0.227 e. The number of amides is 1. The van der Waals surface area contributed by atoms with Gasteiger partial charge in [-0.05, 0) is 63.1 Å². The van der Waals surface area contributed by atoms with Crippen molar-refractivity contribution >= 4 is 11.6 Å². The van der Waals surface area contributed by atoms with Crippen molar-refractivity contribution < 1.29 is 13.7 Å². The average molecular weight is 523 g/mol. The summed E-state index contributed by atoms with van der Waals surface area (Å²) in [4.78, 5) is 19.2. The summed E-state index contributed by atoms with van der Waals surface area (Å²) in [6, 6.07) is 7.76. The quantitative estimate of drug-likeness (QED) is 0.188. The molecule has 0 unspecified atom stereocenters. The van der Waals surface area contributed by atoms with Gasteiger partial charge in [-0.3, -0.25) is 9.18 Å². The molecule has 0 radical (unpaired) electrons. The predicted molar refractivity (Wildman–Crippen MR) is 147 cm³/mol. The van der Waals surface area contributed by atoms with Crippen LogP contribution in [-0.2, 0) is 11.2 Å². The number of aryl methyl sites for hydroxylation is 1. The summed E-state index contributed by atoms with van der Waals surface area (Å²) in [6.45, 7) is 12.1. The number of rotatable bonds is 13. The number of anilines is 1. The average Bonchev–Trinajstić information content (AvgIpc) is 3.91. The highest BCUT2D eigenvalue weighted by atomic mass is 19.1. The highest BCUT2D eigenvalue weighted by molar-refractivity contribution is 5.93. The van der Waals surface area contributed by atoms with Crippen LogP contribution < -0.4 is 4.90 Å². The van der Waals surface area contributed by atoms with E-state index in [1.165, 1.54) is 12.8 Å². The molecule has 0 saturated heterocycles. The van der Waals surface area contributed by atoms with E-state index in [2.05, 4.69) is 46.8 Å². The van der Waals surface area contributed by atoms with E-state index < -0.39 is 6.67 Å². The fourth-order valence-electron chi connectivity index (χ4n) is 4.12. The first-order valence-electron chi connectivity index (χ1n) is 13.4. The molecule has 9 heteroatoms. The van der Waals surface area contributed by atoms with E-state index in [1.807, 2.05) is 30.5 Å². The zero-order valence-corrected chi connectivity index (χ0v) is 22.2. The molecule has 2 aliphatic rings. The molecule has 2 fully saturated rings. The van der Waals surface area contributed by atoms with Gasteiger partial charge in [-0.1, -0.05) is 22.9 Å². The summed E-state index contributed by atoms with van der Waals surface area (Å²) in [5.41, 5.74) is 2.69. The number of carbonyl (C=O) groups excluding carboxylic acids is 1. The molecule has 38 heavy (non-hydrogen) atoms. The minimum Gasteiger partial charge on any atom is -0.339 e. The lowest BCUT2D eigenvalue weighted by atomic mass is 10.1. The summed E-state index contributed by atoms with van der Waals surface area (Å²) in [7, 11) is 0. The molecule has 5 rings (SSSR count). The van der Waals surface area contributed by atoms with Crippen LogP contribution in [0.4, 0.5) is 10.1 Å². The van der Waals surface area contributed by atoms with Crippen LogP contribution in [-0.4, -0.2) is 44.3 Å². The maximum absolute atomic E-state index is 12.9.